The first kappa shape index (κ1) is 19.0. The van der Waals surface area contributed by atoms with Crippen molar-refractivity contribution < 1.29 is 13.5 Å². The van der Waals surface area contributed by atoms with Crippen molar-refractivity contribution in [3.05, 3.63) is 48.0 Å². The van der Waals surface area contributed by atoms with E-state index in [0.717, 1.165) is 16.5 Å². The van der Waals surface area contributed by atoms with E-state index in [0.29, 0.717) is 0 Å². The third-order valence-electron chi connectivity index (χ3n) is 4.03. The van der Waals surface area contributed by atoms with Gasteiger partial charge in [0, 0.05) is 12.4 Å². The van der Waals surface area contributed by atoms with E-state index in [4.69, 9.17) is 17.4 Å². The number of aromatic hydroxyl groups is 1. The number of benzene rings is 2. The number of sulfonamides is 1. The molecule has 0 unspecified atom stereocenters. The Bertz CT molecular complexity index is 1180. The highest BCUT2D eigenvalue weighted by molar-refractivity contribution is 7.89. The highest BCUT2D eigenvalue weighted by Crippen LogP contribution is 2.39. The van der Waals surface area contributed by atoms with Crippen LogP contribution in [0.15, 0.2) is 57.6 Å². The van der Waals surface area contributed by atoms with Crippen molar-refractivity contribution in [2.45, 2.75) is 11.8 Å². The fourth-order valence-electron chi connectivity index (χ4n) is 2.83. The van der Waals surface area contributed by atoms with Crippen LogP contribution in [0.3, 0.4) is 0 Å². The molecule has 1 aromatic heterocycles. The maximum absolute atomic E-state index is 11.6. The number of anilines is 1. The Labute approximate surface area is 161 Å². The molecule has 10 heteroatoms. The minimum absolute atomic E-state index is 0.0456. The molecular weight excluding hydrogens is 386 g/mol. The number of nitrogens with zero attached hydrogens (tertiary/aromatic N) is 3. The monoisotopic (exact) mass is 403 g/mol. The molecule has 27 heavy (non-hydrogen) atoms. The average Bonchev–Trinajstić information content (AvgIpc) is 2.84. The van der Waals surface area contributed by atoms with E-state index in [1.54, 1.807) is 23.7 Å². The van der Waals surface area contributed by atoms with Crippen LogP contribution in [-0.2, 0) is 17.1 Å². The number of azo groups is 1. The summed E-state index contributed by atoms with van der Waals surface area (Å²) < 4.78 is 24.9. The van der Waals surface area contributed by atoms with Gasteiger partial charge in [-0.15, -0.1) is 10.2 Å². The van der Waals surface area contributed by atoms with Crippen molar-refractivity contribution in [3.63, 3.8) is 0 Å². The molecule has 0 aliphatic carbocycles. The van der Waals surface area contributed by atoms with Gasteiger partial charge in [0.25, 0.3) is 0 Å². The third-order valence-corrected chi connectivity index (χ3v) is 5.19. The first-order valence-corrected chi connectivity index (χ1v) is 9.77. The van der Waals surface area contributed by atoms with Crippen LogP contribution in [0.2, 0.25) is 0 Å². The molecule has 0 fully saturated rings. The van der Waals surface area contributed by atoms with Gasteiger partial charge in [0.05, 0.1) is 11.2 Å². The van der Waals surface area contributed by atoms with Crippen LogP contribution in [-0.4, -0.2) is 23.2 Å². The summed E-state index contributed by atoms with van der Waals surface area (Å²) in [6.07, 6.45) is 0. The van der Waals surface area contributed by atoms with Gasteiger partial charge >= 0.3 is 0 Å². The maximum atomic E-state index is 11.6. The van der Waals surface area contributed by atoms with Crippen molar-refractivity contribution in [2.24, 2.45) is 22.4 Å². The summed E-state index contributed by atoms with van der Waals surface area (Å²) >= 11 is 5.12. The van der Waals surface area contributed by atoms with Crippen LogP contribution in [0.5, 0.6) is 5.88 Å². The van der Waals surface area contributed by atoms with Gasteiger partial charge < -0.3 is 15.0 Å². The lowest BCUT2D eigenvalue weighted by molar-refractivity contribution is 0.436. The second kappa shape index (κ2) is 7.06. The van der Waals surface area contributed by atoms with E-state index >= 15 is 0 Å². The molecule has 1 heterocycles. The van der Waals surface area contributed by atoms with Gasteiger partial charge in [0.15, 0.2) is 5.69 Å². The lowest BCUT2D eigenvalue weighted by Crippen LogP contribution is -2.16. The quantitative estimate of drug-likeness (QED) is 0.457. The minimum atomic E-state index is -3.92. The molecule has 4 N–H and O–H groups in total. The maximum Gasteiger partial charge on any atom is 0.240 e. The van der Waals surface area contributed by atoms with E-state index in [2.05, 4.69) is 15.5 Å². The number of hydrogen-bond acceptors (Lipinski definition) is 5. The van der Waals surface area contributed by atoms with Gasteiger partial charge in [-0.1, -0.05) is 30.3 Å². The average molecular weight is 403 g/mol. The molecule has 0 radical (unpaired) electrons. The van der Waals surface area contributed by atoms with Crippen LogP contribution in [0, 0.1) is 6.92 Å². The van der Waals surface area contributed by atoms with Gasteiger partial charge in [0.2, 0.25) is 21.0 Å². The first-order chi connectivity index (χ1) is 12.7. The minimum Gasteiger partial charge on any atom is -0.493 e. The van der Waals surface area contributed by atoms with Crippen molar-refractivity contribution in [3.8, 4) is 5.88 Å². The largest absolute Gasteiger partial charge is 0.493 e. The van der Waals surface area contributed by atoms with Gasteiger partial charge in [-0.05, 0) is 36.8 Å². The van der Waals surface area contributed by atoms with Crippen LogP contribution < -0.4 is 10.5 Å². The summed E-state index contributed by atoms with van der Waals surface area (Å²) in [5.41, 5.74) is 2.29. The number of nitrogens with one attached hydrogen (secondary N) is 1. The first-order valence-electron chi connectivity index (χ1n) is 7.81. The second-order valence-corrected chi connectivity index (χ2v) is 7.79. The Balaban J connectivity index is 1.93. The molecule has 0 bridgehead atoms. The number of para-hydroxylation sites is 2. The SMILES string of the molecule is Cc1cccc2c(N=NC(=S)Nc3ccccc3S(N)(=O)=O)c(O)n(C)c12. The predicted octanol–water partition coefficient (Wildman–Crippen LogP) is 3.32. The molecule has 0 atom stereocenters. The molecule has 0 aliphatic heterocycles. The number of fused-ring (bicyclic) bond motifs is 1. The fraction of sp³-hybridized carbons (Fsp3) is 0.118. The molecule has 8 nitrogen and oxygen atoms in total. The zero-order valence-electron chi connectivity index (χ0n) is 14.5. The molecule has 3 rings (SSSR count). The number of hydrogen-bond donors (Lipinski definition) is 3. The molecule has 140 valence electrons. The summed E-state index contributed by atoms with van der Waals surface area (Å²) in [6, 6.07) is 11.7. The number of nitrogens with two attached hydrogens (primary N) is 1. The zero-order chi connectivity index (χ0) is 19.8. The number of aromatic nitrogens is 1. The third kappa shape index (κ3) is 3.68. The summed E-state index contributed by atoms with van der Waals surface area (Å²) in [5, 5.41) is 26.9. The zero-order valence-corrected chi connectivity index (χ0v) is 16.2. The Morgan fingerprint density at radius 1 is 1.22 bits per heavy atom. The van der Waals surface area contributed by atoms with E-state index in [1.165, 1.54) is 12.1 Å². The molecule has 0 amide bonds. The Morgan fingerprint density at radius 2 is 1.93 bits per heavy atom. The highest BCUT2D eigenvalue weighted by Gasteiger charge is 2.16. The van der Waals surface area contributed by atoms with E-state index in [1.807, 2.05) is 25.1 Å². The molecule has 2 aromatic carbocycles. The van der Waals surface area contributed by atoms with Crippen LogP contribution in [0.25, 0.3) is 10.9 Å². The van der Waals surface area contributed by atoms with Crippen molar-refractivity contribution >= 4 is 49.6 Å². The van der Waals surface area contributed by atoms with E-state index in [9.17, 15) is 13.5 Å². The normalized spacial score (nSPS) is 12.0. The fourth-order valence-corrected chi connectivity index (χ4v) is 3.68. The topological polar surface area (TPSA) is 122 Å². The van der Waals surface area contributed by atoms with Crippen LogP contribution >= 0.6 is 12.2 Å². The summed E-state index contributed by atoms with van der Waals surface area (Å²) in [5.74, 6) is -0.0456. The van der Waals surface area contributed by atoms with E-state index < -0.39 is 10.0 Å². The van der Waals surface area contributed by atoms with Crippen molar-refractivity contribution in [1.82, 2.24) is 4.57 Å². The number of thiocarbonyl (C=S) groups is 1. The summed E-state index contributed by atoms with van der Waals surface area (Å²) in [6.45, 7) is 1.93. The smallest absolute Gasteiger partial charge is 0.240 e. The molecule has 0 aliphatic rings. The molecule has 0 spiro atoms. The second-order valence-electron chi connectivity index (χ2n) is 5.87. The molecular formula is C17H17N5O3S2. The Morgan fingerprint density at radius 3 is 2.63 bits per heavy atom. The van der Waals surface area contributed by atoms with Gasteiger partial charge in [0.1, 0.15) is 4.90 Å². The highest BCUT2D eigenvalue weighted by atomic mass is 32.2. The van der Waals surface area contributed by atoms with Crippen molar-refractivity contribution in [2.75, 3.05) is 5.32 Å². The number of rotatable bonds is 3. The van der Waals surface area contributed by atoms with Gasteiger partial charge in [-0.25, -0.2) is 13.6 Å². The lowest BCUT2D eigenvalue weighted by Gasteiger charge is -2.08. The summed E-state index contributed by atoms with van der Waals surface area (Å²) in [7, 11) is -2.20. The van der Waals surface area contributed by atoms with Gasteiger partial charge in [-0.2, -0.15) is 0 Å². The molecule has 3 aromatic rings. The number of primary sulfonamides is 1. The number of aryl methyl sites for hydroxylation is 2. The standard InChI is InChI=1S/C17H17N5O3S2/c1-10-6-5-7-11-14(16(23)22(2)15(10)11)20-21-17(26)19-12-8-3-4-9-13(12)27(18,24)25/h3-9,23H,1-2H3,(H,19,26)(H2,18,24,25). The van der Waals surface area contributed by atoms with Crippen LogP contribution in [0.1, 0.15) is 5.56 Å². The Hall–Kier alpha value is -2.82. The lowest BCUT2D eigenvalue weighted by atomic mass is 10.1. The van der Waals surface area contributed by atoms with Gasteiger partial charge in [-0.3, -0.25) is 0 Å². The van der Waals surface area contributed by atoms with E-state index in [-0.39, 0.29) is 27.3 Å². The molecule has 0 saturated heterocycles. The predicted molar refractivity (Wildman–Crippen MR) is 108 cm³/mol. The Kier molecular flexibility index (Phi) is 4.96. The summed E-state index contributed by atoms with van der Waals surface area (Å²) in [4.78, 5) is -0.105. The molecule has 0 saturated carbocycles. The van der Waals surface area contributed by atoms with Crippen LogP contribution in [0.4, 0.5) is 11.4 Å². The van der Waals surface area contributed by atoms with Crippen molar-refractivity contribution in [1.29, 1.82) is 0 Å².